The molecule has 0 bridgehead atoms. The Kier molecular flexibility index (Phi) is 9.94. The van der Waals surface area contributed by atoms with E-state index in [0.29, 0.717) is 50.8 Å². The van der Waals surface area contributed by atoms with Crippen LogP contribution in [-0.2, 0) is 30.8 Å². The van der Waals surface area contributed by atoms with E-state index in [1.807, 2.05) is 6.07 Å². The molecular formula is C24H38N6O5S. The van der Waals surface area contributed by atoms with Crippen LogP contribution in [0.1, 0.15) is 51.0 Å². The third-order valence-corrected chi connectivity index (χ3v) is 8.14. The first-order valence-corrected chi connectivity index (χ1v) is 14.0. The van der Waals surface area contributed by atoms with E-state index in [2.05, 4.69) is 15.0 Å². The molecule has 2 aliphatic rings. The summed E-state index contributed by atoms with van der Waals surface area (Å²) in [6, 6.07) is 4.29. The molecule has 1 amide bonds. The number of hydrogen-bond acceptors (Lipinski definition) is 7. The Morgan fingerprint density at radius 2 is 2.03 bits per heavy atom. The molecule has 3 rings (SSSR count). The van der Waals surface area contributed by atoms with E-state index >= 15 is 0 Å². The number of benzene rings is 1. The van der Waals surface area contributed by atoms with Gasteiger partial charge in [0, 0.05) is 33.1 Å². The minimum absolute atomic E-state index is 0.0451. The molecule has 0 spiro atoms. The molecule has 36 heavy (non-hydrogen) atoms. The Bertz CT molecular complexity index is 1050. The number of anilines is 1. The van der Waals surface area contributed by atoms with E-state index in [0.717, 1.165) is 37.7 Å². The van der Waals surface area contributed by atoms with Crippen molar-refractivity contribution in [1.29, 1.82) is 0 Å². The molecule has 1 atom stereocenters. The van der Waals surface area contributed by atoms with Gasteiger partial charge in [0.15, 0.2) is 5.96 Å². The summed E-state index contributed by atoms with van der Waals surface area (Å²) in [6.45, 7) is 3.81. The second-order valence-electron chi connectivity index (χ2n) is 9.34. The van der Waals surface area contributed by atoms with E-state index in [-0.39, 0.29) is 29.2 Å². The van der Waals surface area contributed by atoms with Gasteiger partial charge in [0.05, 0.1) is 12.3 Å². The molecule has 0 aromatic heterocycles. The van der Waals surface area contributed by atoms with Crippen LogP contribution in [0.5, 0.6) is 0 Å². The lowest BCUT2D eigenvalue weighted by Crippen LogP contribution is -2.50. The van der Waals surface area contributed by atoms with Crippen molar-refractivity contribution in [2.24, 2.45) is 22.4 Å². The summed E-state index contributed by atoms with van der Waals surface area (Å²) >= 11 is 0. The number of esters is 1. The number of rotatable bonds is 11. The van der Waals surface area contributed by atoms with Gasteiger partial charge < -0.3 is 26.4 Å². The molecule has 0 aliphatic carbocycles. The molecule has 0 saturated carbocycles. The first kappa shape index (κ1) is 27.7. The highest BCUT2D eigenvalue weighted by molar-refractivity contribution is 7.89. The number of carbonyl (C=O) groups excluding carboxylic acids is 2. The maximum Gasteiger partial charge on any atom is 0.302 e. The third-order valence-electron chi connectivity index (χ3n) is 6.63. The number of nitrogens with one attached hydrogen (secondary N) is 2. The molecule has 2 aliphatic heterocycles. The minimum Gasteiger partial charge on any atom is -0.466 e. The number of fused-ring (bicyclic) bond motifs is 1. The second-order valence-corrected chi connectivity index (χ2v) is 11.0. The first-order chi connectivity index (χ1) is 17.2. The molecule has 0 radical (unpaired) electrons. The lowest BCUT2D eigenvalue weighted by atomic mass is 9.93. The van der Waals surface area contributed by atoms with E-state index in [1.54, 1.807) is 17.0 Å². The molecule has 1 aromatic carbocycles. The zero-order valence-electron chi connectivity index (χ0n) is 20.9. The van der Waals surface area contributed by atoms with Gasteiger partial charge in [-0.2, -0.15) is 4.72 Å². The van der Waals surface area contributed by atoms with Gasteiger partial charge in [0.25, 0.3) is 0 Å². The van der Waals surface area contributed by atoms with Gasteiger partial charge >= 0.3 is 5.97 Å². The van der Waals surface area contributed by atoms with Crippen LogP contribution in [0.4, 0.5) is 5.69 Å². The van der Waals surface area contributed by atoms with Gasteiger partial charge in [-0.15, -0.1) is 0 Å². The topological polar surface area (TPSA) is 169 Å². The van der Waals surface area contributed by atoms with Crippen LogP contribution in [0.25, 0.3) is 0 Å². The predicted molar refractivity (Wildman–Crippen MR) is 138 cm³/mol. The Hall–Kier alpha value is -2.86. The van der Waals surface area contributed by atoms with Crippen molar-refractivity contribution in [3.8, 4) is 0 Å². The summed E-state index contributed by atoms with van der Waals surface area (Å²) in [5.41, 5.74) is 12.4. The van der Waals surface area contributed by atoms with Crippen LogP contribution in [0.3, 0.4) is 0 Å². The Morgan fingerprint density at radius 3 is 2.72 bits per heavy atom. The van der Waals surface area contributed by atoms with E-state index in [9.17, 15) is 18.0 Å². The van der Waals surface area contributed by atoms with Crippen molar-refractivity contribution in [3.05, 3.63) is 23.8 Å². The molecule has 1 fully saturated rings. The lowest BCUT2D eigenvalue weighted by molar-refractivity contribution is -0.141. The number of piperidine rings is 1. The Balaban J connectivity index is 1.69. The standard InChI is InChI=1S/C24H38N6O5S/c1-17(31)35-16-11-18-9-14-30(15-10-18)23(32)20(7-4-13-28-24(25)26)29-36(33,34)21-8-2-5-19-6-3-12-27-22(19)21/h2,5,8,18,20,27,29H,3-4,6-7,9-16H2,1H3,(H4,25,26,28). The van der Waals surface area contributed by atoms with Crippen molar-refractivity contribution in [2.75, 3.05) is 38.1 Å². The number of carbonyl (C=O) groups is 2. The summed E-state index contributed by atoms with van der Waals surface area (Å²) < 4.78 is 34.6. The van der Waals surface area contributed by atoms with Gasteiger partial charge in [-0.25, -0.2) is 8.42 Å². The van der Waals surface area contributed by atoms with Gasteiger partial charge in [-0.1, -0.05) is 12.1 Å². The number of hydrogen-bond donors (Lipinski definition) is 4. The summed E-state index contributed by atoms with van der Waals surface area (Å²) in [7, 11) is -3.96. The third kappa shape index (κ3) is 7.82. The molecule has 11 nitrogen and oxygen atoms in total. The van der Waals surface area contributed by atoms with E-state index < -0.39 is 16.1 Å². The fraction of sp³-hybridized carbons (Fsp3) is 0.625. The summed E-state index contributed by atoms with van der Waals surface area (Å²) in [6.07, 6.45) is 4.76. The van der Waals surface area contributed by atoms with Gasteiger partial charge in [0.1, 0.15) is 10.9 Å². The van der Waals surface area contributed by atoms with E-state index in [1.165, 1.54) is 6.92 Å². The zero-order chi connectivity index (χ0) is 26.1. The van der Waals surface area contributed by atoms with Crippen molar-refractivity contribution in [2.45, 2.75) is 62.8 Å². The molecule has 1 unspecified atom stereocenters. The maximum absolute atomic E-state index is 13.5. The fourth-order valence-electron chi connectivity index (χ4n) is 4.72. The molecule has 1 aromatic rings. The Labute approximate surface area is 213 Å². The van der Waals surface area contributed by atoms with Gasteiger partial charge in [-0.3, -0.25) is 14.6 Å². The first-order valence-electron chi connectivity index (χ1n) is 12.5. The number of nitrogens with two attached hydrogens (primary N) is 2. The number of nitrogens with zero attached hydrogens (tertiary/aromatic N) is 2. The molecule has 1 saturated heterocycles. The van der Waals surface area contributed by atoms with Crippen LogP contribution < -0.4 is 21.5 Å². The number of para-hydroxylation sites is 1. The zero-order valence-corrected chi connectivity index (χ0v) is 21.7. The smallest absolute Gasteiger partial charge is 0.302 e. The quantitative estimate of drug-likeness (QED) is 0.144. The fourth-order valence-corrected chi connectivity index (χ4v) is 6.17. The number of amides is 1. The molecule has 2 heterocycles. The highest BCUT2D eigenvalue weighted by Gasteiger charge is 2.32. The number of aliphatic imine (C=N–C) groups is 1. The monoisotopic (exact) mass is 522 g/mol. The number of aryl methyl sites for hydroxylation is 1. The largest absolute Gasteiger partial charge is 0.466 e. The van der Waals surface area contributed by atoms with Crippen LogP contribution in [0.2, 0.25) is 0 Å². The maximum atomic E-state index is 13.5. The summed E-state index contributed by atoms with van der Waals surface area (Å²) in [4.78, 5) is 30.3. The van der Waals surface area contributed by atoms with Crippen molar-refractivity contribution in [1.82, 2.24) is 9.62 Å². The lowest BCUT2D eigenvalue weighted by Gasteiger charge is -2.34. The minimum atomic E-state index is -3.96. The van der Waals surface area contributed by atoms with Crippen LogP contribution in [0.15, 0.2) is 28.1 Å². The van der Waals surface area contributed by atoms with Crippen molar-refractivity contribution in [3.63, 3.8) is 0 Å². The molecule has 6 N–H and O–H groups in total. The summed E-state index contributed by atoms with van der Waals surface area (Å²) in [5.74, 6) is -0.239. The van der Waals surface area contributed by atoms with Gasteiger partial charge in [0.2, 0.25) is 15.9 Å². The number of guanidine groups is 1. The molecular weight excluding hydrogens is 484 g/mol. The average molecular weight is 523 g/mol. The van der Waals surface area contributed by atoms with E-state index in [4.69, 9.17) is 16.2 Å². The molecule has 200 valence electrons. The number of sulfonamides is 1. The van der Waals surface area contributed by atoms with Crippen molar-refractivity contribution >= 4 is 33.5 Å². The normalized spacial score (nSPS) is 17.0. The Morgan fingerprint density at radius 1 is 1.28 bits per heavy atom. The second kappa shape index (κ2) is 12.9. The van der Waals surface area contributed by atoms with Crippen LogP contribution in [0, 0.1) is 5.92 Å². The highest BCUT2D eigenvalue weighted by Crippen LogP contribution is 2.30. The van der Waals surface area contributed by atoms with Gasteiger partial charge in [-0.05, 0) is 62.5 Å². The van der Waals surface area contributed by atoms with Crippen LogP contribution in [-0.4, -0.2) is 70.0 Å². The summed E-state index contributed by atoms with van der Waals surface area (Å²) in [5, 5.41) is 3.21. The predicted octanol–water partition coefficient (Wildman–Crippen LogP) is 0.937. The highest BCUT2D eigenvalue weighted by atomic mass is 32.2. The molecule has 12 heteroatoms. The SMILES string of the molecule is CC(=O)OCCC1CCN(C(=O)C(CCCN=C(N)N)NS(=O)(=O)c2cccc3c2NCCC3)CC1. The number of ether oxygens (including phenoxy) is 1. The number of likely N-dealkylation sites (tertiary alicyclic amines) is 1. The van der Waals surface area contributed by atoms with Crippen molar-refractivity contribution < 1.29 is 22.7 Å². The van der Waals surface area contributed by atoms with Crippen LogP contribution >= 0.6 is 0 Å². The average Bonchev–Trinajstić information content (AvgIpc) is 2.85.